The van der Waals surface area contributed by atoms with E-state index in [0.29, 0.717) is 24.7 Å². The number of rotatable bonds is 7. The molecule has 0 radical (unpaired) electrons. The van der Waals surface area contributed by atoms with Crippen LogP contribution in [0.5, 0.6) is 11.5 Å². The van der Waals surface area contributed by atoms with E-state index in [9.17, 15) is 9.90 Å². The molecule has 2 aromatic rings. The Balaban J connectivity index is 2.12. The molecule has 2 rings (SSSR count). The Bertz CT molecular complexity index is 563. The highest BCUT2D eigenvalue weighted by Gasteiger charge is 2.16. The molecule has 0 amide bonds. The largest absolute Gasteiger partial charge is 0.490 e. The first-order valence-electron chi connectivity index (χ1n) is 6.35. The number of hydrogen-bond donors (Lipinski definition) is 1. The van der Waals surface area contributed by atoms with Gasteiger partial charge in [0, 0.05) is 6.42 Å². The first-order chi connectivity index (χ1) is 9.72. The molecule has 0 fully saturated rings. The SMILES string of the molecule is CCOc1cccc(C(=O)O)c1OCCc1ccsc1. The zero-order valence-corrected chi connectivity index (χ0v) is 12.0. The number of thiophene rings is 1. The summed E-state index contributed by atoms with van der Waals surface area (Å²) in [4.78, 5) is 11.2. The topological polar surface area (TPSA) is 55.8 Å². The van der Waals surface area contributed by atoms with E-state index < -0.39 is 5.97 Å². The maximum Gasteiger partial charge on any atom is 0.339 e. The summed E-state index contributed by atoms with van der Waals surface area (Å²) in [6, 6.07) is 6.92. The average molecular weight is 292 g/mol. The Morgan fingerprint density at radius 1 is 1.30 bits per heavy atom. The third kappa shape index (κ3) is 3.51. The fourth-order valence-electron chi connectivity index (χ4n) is 1.81. The molecule has 0 saturated heterocycles. The van der Waals surface area contributed by atoms with E-state index >= 15 is 0 Å². The van der Waals surface area contributed by atoms with Gasteiger partial charge in [0.1, 0.15) is 5.56 Å². The van der Waals surface area contributed by atoms with Gasteiger partial charge >= 0.3 is 5.97 Å². The zero-order chi connectivity index (χ0) is 14.4. The van der Waals surface area contributed by atoms with Crippen LogP contribution in [0.1, 0.15) is 22.8 Å². The summed E-state index contributed by atoms with van der Waals surface area (Å²) in [5.74, 6) is -0.244. The van der Waals surface area contributed by atoms with Gasteiger partial charge in [-0.3, -0.25) is 0 Å². The molecule has 20 heavy (non-hydrogen) atoms. The molecule has 1 aromatic heterocycles. The molecule has 4 nitrogen and oxygen atoms in total. The molecule has 1 heterocycles. The van der Waals surface area contributed by atoms with E-state index in [-0.39, 0.29) is 5.56 Å². The summed E-state index contributed by atoms with van der Waals surface area (Å²) in [5.41, 5.74) is 1.31. The van der Waals surface area contributed by atoms with Gasteiger partial charge in [-0.15, -0.1) is 0 Å². The van der Waals surface area contributed by atoms with E-state index in [0.717, 1.165) is 6.42 Å². The molecule has 0 aliphatic heterocycles. The molecule has 5 heteroatoms. The smallest absolute Gasteiger partial charge is 0.339 e. The molecule has 106 valence electrons. The number of para-hydroxylation sites is 1. The van der Waals surface area contributed by atoms with Crippen LogP contribution in [0.25, 0.3) is 0 Å². The second-order valence-corrected chi connectivity index (χ2v) is 4.88. The number of carbonyl (C=O) groups is 1. The summed E-state index contributed by atoms with van der Waals surface area (Å²) in [6.45, 7) is 2.73. The molecule has 1 N–H and O–H groups in total. The van der Waals surface area contributed by atoms with Crippen molar-refractivity contribution >= 4 is 17.3 Å². The highest BCUT2D eigenvalue weighted by Crippen LogP contribution is 2.31. The van der Waals surface area contributed by atoms with Crippen molar-refractivity contribution in [3.05, 3.63) is 46.2 Å². The van der Waals surface area contributed by atoms with Crippen LogP contribution >= 0.6 is 11.3 Å². The average Bonchev–Trinajstić information content (AvgIpc) is 2.93. The summed E-state index contributed by atoms with van der Waals surface area (Å²) < 4.78 is 11.1. The van der Waals surface area contributed by atoms with Gasteiger partial charge in [0.25, 0.3) is 0 Å². The number of ether oxygens (including phenoxy) is 2. The Labute approximate surface area is 121 Å². The first-order valence-corrected chi connectivity index (χ1v) is 7.29. The first kappa shape index (κ1) is 14.4. The molecule has 0 atom stereocenters. The minimum absolute atomic E-state index is 0.126. The maximum absolute atomic E-state index is 11.2. The lowest BCUT2D eigenvalue weighted by atomic mass is 10.2. The van der Waals surface area contributed by atoms with Crippen molar-refractivity contribution in [2.24, 2.45) is 0 Å². The minimum atomic E-state index is -1.02. The van der Waals surface area contributed by atoms with Gasteiger partial charge in [0.15, 0.2) is 11.5 Å². The summed E-state index contributed by atoms with van der Waals surface area (Å²) >= 11 is 1.63. The normalized spacial score (nSPS) is 10.2. The van der Waals surface area contributed by atoms with Crippen molar-refractivity contribution in [1.29, 1.82) is 0 Å². The molecule has 0 bridgehead atoms. The van der Waals surface area contributed by atoms with E-state index in [4.69, 9.17) is 9.47 Å². The van der Waals surface area contributed by atoms with Gasteiger partial charge < -0.3 is 14.6 Å². The summed E-state index contributed by atoms with van der Waals surface area (Å²) in [5, 5.41) is 13.3. The van der Waals surface area contributed by atoms with Crippen molar-refractivity contribution < 1.29 is 19.4 Å². The molecule has 0 spiro atoms. The highest BCUT2D eigenvalue weighted by molar-refractivity contribution is 7.07. The lowest BCUT2D eigenvalue weighted by molar-refractivity contribution is 0.0691. The van der Waals surface area contributed by atoms with Crippen LogP contribution in [-0.4, -0.2) is 24.3 Å². The van der Waals surface area contributed by atoms with Crippen molar-refractivity contribution in [3.63, 3.8) is 0 Å². The summed E-state index contributed by atoms with van der Waals surface area (Å²) in [6.07, 6.45) is 0.739. The molecule has 0 aliphatic carbocycles. The Hall–Kier alpha value is -2.01. The predicted molar refractivity (Wildman–Crippen MR) is 78.1 cm³/mol. The van der Waals surface area contributed by atoms with Crippen molar-refractivity contribution in [3.8, 4) is 11.5 Å². The molecule has 1 aromatic carbocycles. The van der Waals surface area contributed by atoms with Gasteiger partial charge in [-0.25, -0.2) is 4.79 Å². The fourth-order valence-corrected chi connectivity index (χ4v) is 2.51. The number of aromatic carboxylic acids is 1. The maximum atomic E-state index is 11.2. The molecular weight excluding hydrogens is 276 g/mol. The van der Waals surface area contributed by atoms with Crippen LogP contribution in [0.15, 0.2) is 35.0 Å². The van der Waals surface area contributed by atoms with Gasteiger partial charge in [-0.2, -0.15) is 11.3 Å². The number of carboxylic acids is 1. The van der Waals surface area contributed by atoms with Gasteiger partial charge in [-0.05, 0) is 41.4 Å². The number of benzene rings is 1. The van der Waals surface area contributed by atoms with E-state index in [1.54, 1.807) is 23.5 Å². The van der Waals surface area contributed by atoms with E-state index in [1.165, 1.54) is 11.6 Å². The van der Waals surface area contributed by atoms with Crippen LogP contribution in [-0.2, 0) is 6.42 Å². The minimum Gasteiger partial charge on any atom is -0.490 e. The second kappa shape index (κ2) is 6.96. The Morgan fingerprint density at radius 2 is 2.15 bits per heavy atom. The molecule has 0 unspecified atom stereocenters. The van der Waals surface area contributed by atoms with Gasteiger partial charge in [-0.1, -0.05) is 6.07 Å². The van der Waals surface area contributed by atoms with Crippen LogP contribution in [0.2, 0.25) is 0 Å². The monoisotopic (exact) mass is 292 g/mol. The Kier molecular flexibility index (Phi) is 5.01. The number of carboxylic acid groups (broad SMARTS) is 1. The van der Waals surface area contributed by atoms with Crippen LogP contribution in [0.3, 0.4) is 0 Å². The summed E-state index contributed by atoms with van der Waals surface area (Å²) in [7, 11) is 0. The van der Waals surface area contributed by atoms with Crippen LogP contribution < -0.4 is 9.47 Å². The standard InChI is InChI=1S/C15H16O4S/c1-2-18-13-5-3-4-12(15(16)17)14(13)19-8-6-11-7-9-20-10-11/h3-5,7,9-10H,2,6,8H2,1H3,(H,16,17). The van der Waals surface area contributed by atoms with Crippen molar-refractivity contribution in [1.82, 2.24) is 0 Å². The van der Waals surface area contributed by atoms with Crippen molar-refractivity contribution in [2.45, 2.75) is 13.3 Å². The van der Waals surface area contributed by atoms with Crippen LogP contribution in [0.4, 0.5) is 0 Å². The van der Waals surface area contributed by atoms with E-state index in [2.05, 4.69) is 5.38 Å². The van der Waals surface area contributed by atoms with Crippen LogP contribution in [0, 0.1) is 0 Å². The van der Waals surface area contributed by atoms with Gasteiger partial charge in [0.05, 0.1) is 13.2 Å². The third-order valence-electron chi connectivity index (χ3n) is 2.73. The second-order valence-electron chi connectivity index (χ2n) is 4.10. The van der Waals surface area contributed by atoms with Crippen molar-refractivity contribution in [2.75, 3.05) is 13.2 Å². The number of hydrogen-bond acceptors (Lipinski definition) is 4. The predicted octanol–water partition coefficient (Wildman–Crippen LogP) is 3.47. The molecule has 0 aliphatic rings. The molecule has 0 saturated carbocycles. The third-order valence-corrected chi connectivity index (χ3v) is 3.46. The fraction of sp³-hybridized carbons (Fsp3) is 0.267. The Morgan fingerprint density at radius 3 is 2.80 bits per heavy atom. The van der Waals surface area contributed by atoms with E-state index in [1.807, 2.05) is 18.4 Å². The van der Waals surface area contributed by atoms with Gasteiger partial charge in [0.2, 0.25) is 0 Å². The molecular formula is C15H16O4S. The highest BCUT2D eigenvalue weighted by atomic mass is 32.1. The zero-order valence-electron chi connectivity index (χ0n) is 11.2. The lowest BCUT2D eigenvalue weighted by Gasteiger charge is -2.13. The lowest BCUT2D eigenvalue weighted by Crippen LogP contribution is -2.08. The quantitative estimate of drug-likeness (QED) is 0.849.